The maximum atomic E-state index is 3.56. The third-order valence-corrected chi connectivity index (χ3v) is 6.36. The van der Waals surface area contributed by atoms with Crippen LogP contribution < -0.4 is 0 Å². The second-order valence-electron chi connectivity index (χ2n) is 5.00. The van der Waals surface area contributed by atoms with Crippen LogP contribution in [0.4, 0.5) is 0 Å². The van der Waals surface area contributed by atoms with Gasteiger partial charge in [0.2, 0.25) is 0 Å². The molecule has 2 aromatic heterocycles. The second kappa shape index (κ2) is 7.61. The molecule has 0 aliphatic heterocycles. The zero-order chi connectivity index (χ0) is 13.7. The Morgan fingerprint density at radius 1 is 1.21 bits per heavy atom. The van der Waals surface area contributed by atoms with E-state index in [4.69, 9.17) is 0 Å². The molecule has 1 atom stereocenters. The fourth-order valence-electron chi connectivity index (χ4n) is 2.40. The van der Waals surface area contributed by atoms with Crippen LogP contribution in [0.5, 0.6) is 0 Å². The summed E-state index contributed by atoms with van der Waals surface area (Å²) in [5.41, 5.74) is 1.54. The van der Waals surface area contributed by atoms with Gasteiger partial charge in [0.15, 0.2) is 0 Å². The smallest absolute Gasteiger partial charge is 0.0705 e. The molecule has 0 aromatic carbocycles. The minimum atomic E-state index is 0.844. The summed E-state index contributed by atoms with van der Waals surface area (Å²) >= 11 is 7.29. The van der Waals surface area contributed by atoms with Gasteiger partial charge in [-0.05, 0) is 57.4 Å². The lowest BCUT2D eigenvalue weighted by molar-refractivity contribution is 0.450. The Hall–Kier alpha value is -0.120. The van der Waals surface area contributed by atoms with Gasteiger partial charge in [0.1, 0.15) is 0 Å². The molecule has 1 unspecified atom stereocenters. The average Bonchev–Trinajstić information content (AvgIpc) is 3.02. The number of hydrogen-bond acceptors (Lipinski definition) is 2. The third-order valence-electron chi connectivity index (χ3n) is 3.60. The summed E-state index contributed by atoms with van der Waals surface area (Å²) in [6, 6.07) is 6.71. The van der Waals surface area contributed by atoms with E-state index < -0.39 is 0 Å². The normalized spacial score (nSPS) is 12.8. The largest absolute Gasteiger partial charge is 0.143 e. The Kier molecular flexibility index (Phi) is 6.11. The quantitative estimate of drug-likeness (QED) is 0.500. The van der Waals surface area contributed by atoms with E-state index in [0.717, 1.165) is 5.92 Å². The molecule has 0 saturated carbocycles. The molecule has 0 radical (unpaired) electrons. The highest BCUT2D eigenvalue weighted by Crippen LogP contribution is 2.38. The highest BCUT2D eigenvalue weighted by Gasteiger charge is 2.13. The number of thiophene rings is 2. The van der Waals surface area contributed by atoms with Crippen LogP contribution in [-0.2, 0) is 6.42 Å². The van der Waals surface area contributed by atoms with Gasteiger partial charge in [-0.3, -0.25) is 0 Å². The van der Waals surface area contributed by atoms with Gasteiger partial charge in [0, 0.05) is 9.75 Å². The molecule has 0 N–H and O–H groups in total. The van der Waals surface area contributed by atoms with Crippen LogP contribution in [0, 0.1) is 5.92 Å². The van der Waals surface area contributed by atoms with Crippen molar-refractivity contribution in [2.45, 2.75) is 46.0 Å². The van der Waals surface area contributed by atoms with Crippen molar-refractivity contribution in [3.8, 4) is 9.75 Å². The number of halogens is 1. The van der Waals surface area contributed by atoms with Crippen LogP contribution in [0.1, 0.15) is 45.1 Å². The molecule has 3 heteroatoms. The molecule has 0 aliphatic rings. The van der Waals surface area contributed by atoms with Crippen molar-refractivity contribution >= 4 is 38.6 Å². The van der Waals surface area contributed by atoms with Crippen LogP contribution in [0.25, 0.3) is 9.75 Å². The molecule has 0 spiro atoms. The monoisotopic (exact) mass is 356 g/mol. The maximum Gasteiger partial charge on any atom is 0.0705 e. The molecule has 2 aromatic rings. The molecule has 104 valence electrons. The van der Waals surface area contributed by atoms with Crippen molar-refractivity contribution in [2.75, 3.05) is 0 Å². The Labute approximate surface area is 133 Å². The number of hydrogen-bond donors (Lipinski definition) is 0. The molecule has 2 heterocycles. The van der Waals surface area contributed by atoms with Crippen molar-refractivity contribution in [3.05, 3.63) is 32.9 Å². The van der Waals surface area contributed by atoms with Crippen LogP contribution >= 0.6 is 38.6 Å². The van der Waals surface area contributed by atoms with Crippen LogP contribution in [0.3, 0.4) is 0 Å². The average molecular weight is 357 g/mol. The third kappa shape index (κ3) is 4.17. The van der Waals surface area contributed by atoms with Gasteiger partial charge in [-0.25, -0.2) is 0 Å². The fraction of sp³-hybridized carbons (Fsp3) is 0.500. The van der Waals surface area contributed by atoms with Crippen LogP contribution in [0.15, 0.2) is 27.4 Å². The zero-order valence-electron chi connectivity index (χ0n) is 11.6. The zero-order valence-corrected chi connectivity index (χ0v) is 14.8. The molecule has 19 heavy (non-hydrogen) atoms. The van der Waals surface area contributed by atoms with E-state index in [9.17, 15) is 0 Å². The lowest BCUT2D eigenvalue weighted by atomic mass is 9.92. The molecule has 0 fully saturated rings. The van der Waals surface area contributed by atoms with Gasteiger partial charge in [0.05, 0.1) is 3.79 Å². The van der Waals surface area contributed by atoms with Gasteiger partial charge in [0.25, 0.3) is 0 Å². The van der Waals surface area contributed by atoms with Gasteiger partial charge < -0.3 is 0 Å². The number of rotatable bonds is 7. The highest BCUT2D eigenvalue weighted by molar-refractivity contribution is 9.11. The first-order valence-electron chi connectivity index (χ1n) is 7.06. The Morgan fingerprint density at radius 3 is 2.68 bits per heavy atom. The lowest BCUT2D eigenvalue weighted by Crippen LogP contribution is -2.03. The predicted molar refractivity (Wildman–Crippen MR) is 92.3 cm³/mol. The summed E-state index contributed by atoms with van der Waals surface area (Å²) in [6.07, 6.45) is 6.58. The van der Waals surface area contributed by atoms with Crippen LogP contribution in [0.2, 0.25) is 0 Å². The standard InChI is InChI=1S/C16H21BrS2/c1-3-5-6-12(4-2)11-13-9-10-18-16(13)14-7-8-15(17)19-14/h7-10,12H,3-6,11H2,1-2H3. The Balaban J connectivity index is 2.10. The van der Waals surface area contributed by atoms with Crippen molar-refractivity contribution < 1.29 is 0 Å². The summed E-state index contributed by atoms with van der Waals surface area (Å²) in [6.45, 7) is 4.61. The van der Waals surface area contributed by atoms with Crippen molar-refractivity contribution in [1.29, 1.82) is 0 Å². The molecule has 0 amide bonds. The topological polar surface area (TPSA) is 0 Å². The van der Waals surface area contributed by atoms with E-state index in [0.29, 0.717) is 0 Å². The van der Waals surface area contributed by atoms with Crippen molar-refractivity contribution in [2.24, 2.45) is 5.92 Å². The van der Waals surface area contributed by atoms with E-state index in [1.165, 1.54) is 45.6 Å². The summed E-state index contributed by atoms with van der Waals surface area (Å²) in [5.74, 6) is 0.844. The van der Waals surface area contributed by atoms with E-state index >= 15 is 0 Å². The minimum Gasteiger partial charge on any atom is -0.143 e. The van der Waals surface area contributed by atoms with E-state index in [1.54, 1.807) is 5.56 Å². The molecule has 2 rings (SSSR count). The predicted octanol–water partition coefficient (Wildman–Crippen LogP) is 7.00. The Morgan fingerprint density at radius 2 is 2.05 bits per heavy atom. The molecule has 0 nitrogen and oxygen atoms in total. The Bertz CT molecular complexity index is 498. The summed E-state index contributed by atoms with van der Waals surface area (Å²) in [4.78, 5) is 2.88. The molecule has 0 aliphatic carbocycles. The summed E-state index contributed by atoms with van der Waals surface area (Å²) < 4.78 is 1.22. The molecule has 0 saturated heterocycles. The van der Waals surface area contributed by atoms with Crippen molar-refractivity contribution in [1.82, 2.24) is 0 Å². The van der Waals surface area contributed by atoms with E-state index in [2.05, 4.69) is 53.4 Å². The van der Waals surface area contributed by atoms with E-state index in [-0.39, 0.29) is 0 Å². The molecule has 0 bridgehead atoms. The van der Waals surface area contributed by atoms with Gasteiger partial charge >= 0.3 is 0 Å². The van der Waals surface area contributed by atoms with Crippen LogP contribution in [-0.4, -0.2) is 0 Å². The van der Waals surface area contributed by atoms with Crippen molar-refractivity contribution in [3.63, 3.8) is 0 Å². The summed E-state index contributed by atoms with van der Waals surface area (Å²) in [5, 5.41) is 2.24. The first-order valence-corrected chi connectivity index (χ1v) is 9.55. The SMILES string of the molecule is CCCCC(CC)Cc1ccsc1-c1ccc(Br)s1. The molecular formula is C16H21BrS2. The van der Waals surface area contributed by atoms with Gasteiger partial charge in [-0.15, -0.1) is 22.7 Å². The first kappa shape index (κ1) is 15.3. The second-order valence-corrected chi connectivity index (χ2v) is 8.38. The number of unbranched alkanes of at least 4 members (excludes halogenated alkanes) is 1. The maximum absolute atomic E-state index is 3.56. The molecular weight excluding hydrogens is 336 g/mol. The minimum absolute atomic E-state index is 0.844. The van der Waals surface area contributed by atoms with Gasteiger partial charge in [-0.2, -0.15) is 0 Å². The first-order chi connectivity index (χ1) is 9.24. The summed E-state index contributed by atoms with van der Waals surface area (Å²) in [7, 11) is 0. The van der Waals surface area contributed by atoms with Gasteiger partial charge in [-0.1, -0.05) is 39.5 Å². The fourth-order valence-corrected chi connectivity index (χ4v) is 4.89. The van der Waals surface area contributed by atoms with E-state index in [1.807, 2.05) is 22.7 Å². The lowest BCUT2D eigenvalue weighted by Gasteiger charge is -2.14. The highest BCUT2D eigenvalue weighted by atomic mass is 79.9.